The van der Waals surface area contributed by atoms with Gasteiger partial charge in [-0.3, -0.25) is 0 Å². The standard InChI is InChI=1S/C13H19N3O/c1-9(17)4-3-7-16-10(2)15-12-8-11(14)5-6-13(12)16/h5-6,8-9,17H,3-4,7,14H2,1-2H3. The molecule has 2 rings (SSSR count). The Morgan fingerprint density at radius 1 is 1.47 bits per heavy atom. The SMILES string of the molecule is Cc1nc2cc(N)ccc2n1CCCC(C)O. The molecule has 1 aromatic heterocycles. The molecule has 0 saturated heterocycles. The summed E-state index contributed by atoms with van der Waals surface area (Å²) in [5.41, 5.74) is 8.54. The number of nitrogens with two attached hydrogens (primary N) is 1. The van der Waals surface area contributed by atoms with Crippen LogP contribution in [0, 0.1) is 6.92 Å². The quantitative estimate of drug-likeness (QED) is 0.795. The fraction of sp³-hybridized carbons (Fsp3) is 0.462. The molecule has 0 saturated carbocycles. The van der Waals surface area contributed by atoms with Gasteiger partial charge in [-0.1, -0.05) is 0 Å². The summed E-state index contributed by atoms with van der Waals surface area (Å²) in [6.07, 6.45) is 1.53. The molecule has 17 heavy (non-hydrogen) atoms. The van der Waals surface area contributed by atoms with E-state index in [0.717, 1.165) is 41.9 Å². The number of aliphatic hydroxyl groups excluding tert-OH is 1. The van der Waals surface area contributed by atoms with Crippen LogP contribution in [0.3, 0.4) is 0 Å². The Hall–Kier alpha value is -1.55. The molecule has 1 atom stereocenters. The molecular weight excluding hydrogens is 214 g/mol. The number of anilines is 1. The number of hydrogen-bond acceptors (Lipinski definition) is 3. The van der Waals surface area contributed by atoms with Gasteiger partial charge in [0.05, 0.1) is 17.1 Å². The number of rotatable bonds is 4. The number of aryl methyl sites for hydroxylation is 2. The molecule has 4 nitrogen and oxygen atoms in total. The Morgan fingerprint density at radius 2 is 2.24 bits per heavy atom. The van der Waals surface area contributed by atoms with E-state index in [2.05, 4.69) is 9.55 Å². The molecule has 0 spiro atoms. The topological polar surface area (TPSA) is 64.1 Å². The second-order valence-electron chi connectivity index (χ2n) is 4.55. The van der Waals surface area contributed by atoms with E-state index < -0.39 is 0 Å². The first kappa shape index (κ1) is 11.9. The number of benzene rings is 1. The number of nitrogens with zero attached hydrogens (tertiary/aromatic N) is 2. The van der Waals surface area contributed by atoms with Gasteiger partial charge in [-0.25, -0.2) is 4.98 Å². The van der Waals surface area contributed by atoms with Crippen molar-refractivity contribution in [3.8, 4) is 0 Å². The average molecular weight is 233 g/mol. The Morgan fingerprint density at radius 3 is 2.94 bits per heavy atom. The van der Waals surface area contributed by atoms with Crippen LogP contribution in [0.25, 0.3) is 11.0 Å². The van der Waals surface area contributed by atoms with Crippen LogP contribution in [0.2, 0.25) is 0 Å². The van der Waals surface area contributed by atoms with Gasteiger partial charge < -0.3 is 15.4 Å². The maximum absolute atomic E-state index is 9.26. The van der Waals surface area contributed by atoms with Crippen LogP contribution in [0.1, 0.15) is 25.6 Å². The lowest BCUT2D eigenvalue weighted by Crippen LogP contribution is -2.05. The van der Waals surface area contributed by atoms with Crippen molar-refractivity contribution in [3.05, 3.63) is 24.0 Å². The number of fused-ring (bicyclic) bond motifs is 1. The zero-order valence-electron chi connectivity index (χ0n) is 10.3. The van der Waals surface area contributed by atoms with Crippen molar-refractivity contribution >= 4 is 16.7 Å². The molecule has 2 aromatic rings. The van der Waals surface area contributed by atoms with Crippen LogP contribution >= 0.6 is 0 Å². The van der Waals surface area contributed by atoms with Crippen molar-refractivity contribution in [3.63, 3.8) is 0 Å². The molecule has 0 fully saturated rings. The fourth-order valence-corrected chi connectivity index (χ4v) is 2.09. The molecule has 0 amide bonds. The molecular formula is C13H19N3O. The fourth-order valence-electron chi connectivity index (χ4n) is 2.09. The Labute approximate surface area is 101 Å². The molecule has 1 heterocycles. The van der Waals surface area contributed by atoms with Crippen molar-refractivity contribution in [2.75, 3.05) is 5.73 Å². The van der Waals surface area contributed by atoms with Crippen molar-refractivity contribution in [1.29, 1.82) is 0 Å². The van der Waals surface area contributed by atoms with Gasteiger partial charge in [-0.15, -0.1) is 0 Å². The highest BCUT2D eigenvalue weighted by Crippen LogP contribution is 2.19. The van der Waals surface area contributed by atoms with Gasteiger partial charge in [0, 0.05) is 12.2 Å². The summed E-state index contributed by atoms with van der Waals surface area (Å²) < 4.78 is 2.18. The van der Waals surface area contributed by atoms with Gasteiger partial charge >= 0.3 is 0 Å². The lowest BCUT2D eigenvalue weighted by Gasteiger charge is -2.08. The van der Waals surface area contributed by atoms with Crippen LogP contribution in [0.4, 0.5) is 5.69 Å². The van der Waals surface area contributed by atoms with E-state index in [0.29, 0.717) is 0 Å². The molecule has 0 aliphatic heterocycles. The number of nitrogen functional groups attached to an aromatic ring is 1. The third-order valence-corrected chi connectivity index (χ3v) is 2.97. The Kier molecular flexibility index (Phi) is 3.33. The predicted octanol–water partition coefficient (Wildman–Crippen LogP) is 2.09. The molecule has 1 aromatic carbocycles. The van der Waals surface area contributed by atoms with Crippen molar-refractivity contribution in [2.45, 2.75) is 39.3 Å². The molecule has 92 valence electrons. The minimum Gasteiger partial charge on any atom is -0.399 e. The van der Waals surface area contributed by atoms with Crippen molar-refractivity contribution < 1.29 is 5.11 Å². The monoisotopic (exact) mass is 233 g/mol. The third-order valence-electron chi connectivity index (χ3n) is 2.97. The van der Waals surface area contributed by atoms with Gasteiger partial charge in [0.15, 0.2) is 0 Å². The summed E-state index contributed by atoms with van der Waals surface area (Å²) in [6.45, 7) is 4.70. The Balaban J connectivity index is 2.24. The van der Waals surface area contributed by atoms with Crippen LogP contribution in [0.15, 0.2) is 18.2 Å². The van der Waals surface area contributed by atoms with Crippen LogP contribution in [-0.2, 0) is 6.54 Å². The van der Waals surface area contributed by atoms with E-state index in [1.165, 1.54) is 0 Å². The summed E-state index contributed by atoms with van der Waals surface area (Å²) >= 11 is 0. The normalized spacial score (nSPS) is 13.1. The van der Waals surface area contributed by atoms with E-state index in [-0.39, 0.29) is 6.10 Å². The summed E-state index contributed by atoms with van der Waals surface area (Å²) in [6, 6.07) is 5.80. The summed E-state index contributed by atoms with van der Waals surface area (Å²) in [5.74, 6) is 0.996. The third kappa shape index (κ3) is 2.58. The highest BCUT2D eigenvalue weighted by Gasteiger charge is 2.07. The largest absolute Gasteiger partial charge is 0.399 e. The average Bonchev–Trinajstić information content (AvgIpc) is 2.54. The van der Waals surface area contributed by atoms with Gasteiger partial charge in [-0.05, 0) is 44.9 Å². The number of aliphatic hydroxyl groups is 1. The van der Waals surface area contributed by atoms with Gasteiger partial charge in [0.25, 0.3) is 0 Å². The van der Waals surface area contributed by atoms with Crippen LogP contribution in [-0.4, -0.2) is 20.8 Å². The van der Waals surface area contributed by atoms with Gasteiger partial charge in [0.1, 0.15) is 5.82 Å². The number of hydrogen-bond donors (Lipinski definition) is 2. The molecule has 4 heteroatoms. The summed E-state index contributed by atoms with van der Waals surface area (Å²) in [7, 11) is 0. The van der Waals surface area contributed by atoms with E-state index >= 15 is 0 Å². The lowest BCUT2D eigenvalue weighted by atomic mass is 10.2. The molecule has 0 aliphatic rings. The predicted molar refractivity (Wildman–Crippen MR) is 69.8 cm³/mol. The van der Waals surface area contributed by atoms with E-state index in [1.807, 2.05) is 32.0 Å². The Bertz CT molecular complexity index is 517. The van der Waals surface area contributed by atoms with E-state index in [1.54, 1.807) is 0 Å². The zero-order valence-corrected chi connectivity index (χ0v) is 10.3. The molecule has 1 unspecified atom stereocenters. The first-order valence-electron chi connectivity index (χ1n) is 5.98. The second kappa shape index (κ2) is 4.75. The van der Waals surface area contributed by atoms with E-state index in [9.17, 15) is 5.11 Å². The van der Waals surface area contributed by atoms with Crippen molar-refractivity contribution in [2.24, 2.45) is 0 Å². The van der Waals surface area contributed by atoms with Gasteiger partial charge in [0.2, 0.25) is 0 Å². The molecule has 0 radical (unpaired) electrons. The highest BCUT2D eigenvalue weighted by molar-refractivity contribution is 5.79. The van der Waals surface area contributed by atoms with Crippen LogP contribution in [0.5, 0.6) is 0 Å². The zero-order chi connectivity index (χ0) is 12.4. The first-order chi connectivity index (χ1) is 8.08. The molecule has 0 bridgehead atoms. The van der Waals surface area contributed by atoms with E-state index in [4.69, 9.17) is 5.73 Å². The van der Waals surface area contributed by atoms with Gasteiger partial charge in [-0.2, -0.15) is 0 Å². The molecule has 3 N–H and O–H groups in total. The molecule has 0 aliphatic carbocycles. The lowest BCUT2D eigenvalue weighted by molar-refractivity contribution is 0.179. The maximum atomic E-state index is 9.26. The summed E-state index contributed by atoms with van der Waals surface area (Å²) in [4.78, 5) is 4.49. The summed E-state index contributed by atoms with van der Waals surface area (Å²) in [5, 5.41) is 9.26. The minimum atomic E-state index is -0.235. The number of imidazole rings is 1. The minimum absolute atomic E-state index is 0.235. The van der Waals surface area contributed by atoms with Crippen LogP contribution < -0.4 is 5.73 Å². The van der Waals surface area contributed by atoms with Crippen molar-refractivity contribution in [1.82, 2.24) is 9.55 Å². The smallest absolute Gasteiger partial charge is 0.106 e. The second-order valence-corrected chi connectivity index (χ2v) is 4.55. The highest BCUT2D eigenvalue weighted by atomic mass is 16.3. The number of aromatic nitrogens is 2. The maximum Gasteiger partial charge on any atom is 0.106 e. The first-order valence-corrected chi connectivity index (χ1v) is 5.98.